The lowest BCUT2D eigenvalue weighted by molar-refractivity contribution is 0.0962. The molecule has 0 unspecified atom stereocenters. The van der Waals surface area contributed by atoms with Crippen LogP contribution in [0.4, 0.5) is 11.8 Å². The number of rotatable bonds is 5. The van der Waals surface area contributed by atoms with Crippen LogP contribution in [0.15, 0.2) is 48.8 Å². The number of pyridine rings is 1. The fourth-order valence-electron chi connectivity index (χ4n) is 4.64. The van der Waals surface area contributed by atoms with E-state index in [1.165, 1.54) is 0 Å². The molecule has 3 aromatic rings. The highest BCUT2D eigenvalue weighted by atomic mass is 16.5. The first-order valence-electron chi connectivity index (χ1n) is 11.2. The average Bonchev–Trinajstić information content (AvgIpc) is 2.88. The largest absolute Gasteiger partial charge is 0.497 e. The Labute approximate surface area is 193 Å². The van der Waals surface area contributed by atoms with Gasteiger partial charge in [-0.2, -0.15) is 0 Å². The normalized spacial score (nSPS) is 18.1. The van der Waals surface area contributed by atoms with Crippen LogP contribution < -0.4 is 19.3 Å². The Balaban J connectivity index is 1.34. The minimum Gasteiger partial charge on any atom is -0.497 e. The van der Waals surface area contributed by atoms with Gasteiger partial charge in [-0.25, -0.2) is 15.0 Å². The van der Waals surface area contributed by atoms with Crippen LogP contribution in [0, 0.1) is 0 Å². The SMILES string of the molecule is COc1ccc([C@@H]2CC(=O)c3cnc(N4CCN(c5ccccn5)CC4)nc3C2)c(OC)c1. The van der Waals surface area contributed by atoms with E-state index in [0.29, 0.717) is 24.4 Å². The number of carbonyl (C=O) groups is 1. The van der Waals surface area contributed by atoms with E-state index < -0.39 is 0 Å². The van der Waals surface area contributed by atoms with Crippen molar-refractivity contribution in [2.24, 2.45) is 0 Å². The average molecular weight is 446 g/mol. The fraction of sp³-hybridized carbons (Fsp3) is 0.360. The second kappa shape index (κ2) is 9.05. The van der Waals surface area contributed by atoms with Gasteiger partial charge in [0, 0.05) is 57.0 Å². The van der Waals surface area contributed by atoms with Gasteiger partial charge in [0.15, 0.2) is 5.78 Å². The van der Waals surface area contributed by atoms with Crippen molar-refractivity contribution in [2.75, 3.05) is 50.2 Å². The van der Waals surface area contributed by atoms with Gasteiger partial charge >= 0.3 is 0 Å². The highest BCUT2D eigenvalue weighted by Gasteiger charge is 2.31. The monoisotopic (exact) mass is 445 g/mol. The molecule has 1 saturated heterocycles. The Morgan fingerprint density at radius 2 is 1.76 bits per heavy atom. The predicted molar refractivity (Wildman–Crippen MR) is 126 cm³/mol. The maximum absolute atomic E-state index is 12.9. The molecule has 0 amide bonds. The number of fused-ring (bicyclic) bond motifs is 1. The summed E-state index contributed by atoms with van der Waals surface area (Å²) < 4.78 is 10.9. The van der Waals surface area contributed by atoms with E-state index in [2.05, 4.69) is 19.8 Å². The number of aromatic nitrogens is 3. The summed E-state index contributed by atoms with van der Waals surface area (Å²) in [7, 11) is 3.27. The molecule has 33 heavy (non-hydrogen) atoms. The molecule has 0 spiro atoms. The van der Waals surface area contributed by atoms with E-state index >= 15 is 0 Å². The second-order valence-corrected chi connectivity index (χ2v) is 8.33. The first-order valence-corrected chi connectivity index (χ1v) is 11.2. The van der Waals surface area contributed by atoms with Gasteiger partial charge in [-0.05, 0) is 30.2 Å². The lowest BCUT2D eigenvalue weighted by Gasteiger charge is -2.35. The molecular formula is C25H27N5O3. The first kappa shape index (κ1) is 21.2. The second-order valence-electron chi connectivity index (χ2n) is 8.33. The summed E-state index contributed by atoms with van der Waals surface area (Å²) in [4.78, 5) is 31.2. The molecule has 0 saturated carbocycles. The van der Waals surface area contributed by atoms with Crippen molar-refractivity contribution in [1.29, 1.82) is 0 Å². The molecule has 2 aliphatic rings. The van der Waals surface area contributed by atoms with Crippen molar-refractivity contribution in [3.05, 3.63) is 65.6 Å². The van der Waals surface area contributed by atoms with Crippen molar-refractivity contribution in [2.45, 2.75) is 18.8 Å². The zero-order chi connectivity index (χ0) is 22.8. The smallest absolute Gasteiger partial charge is 0.225 e. The third-order valence-corrected chi connectivity index (χ3v) is 6.44. The lowest BCUT2D eigenvalue weighted by Crippen LogP contribution is -2.47. The first-order chi connectivity index (χ1) is 16.2. The van der Waals surface area contributed by atoms with Crippen LogP contribution in [0.5, 0.6) is 11.5 Å². The quantitative estimate of drug-likeness (QED) is 0.593. The number of hydrogen-bond donors (Lipinski definition) is 0. The zero-order valence-corrected chi connectivity index (χ0v) is 18.9. The number of anilines is 2. The van der Waals surface area contributed by atoms with E-state index in [9.17, 15) is 4.79 Å². The van der Waals surface area contributed by atoms with E-state index in [4.69, 9.17) is 14.5 Å². The van der Waals surface area contributed by atoms with E-state index in [1.807, 2.05) is 42.6 Å². The van der Waals surface area contributed by atoms with Gasteiger partial charge in [0.25, 0.3) is 0 Å². The van der Waals surface area contributed by atoms with Gasteiger partial charge in [0.1, 0.15) is 17.3 Å². The third kappa shape index (κ3) is 4.20. The minimum atomic E-state index is 0.00890. The van der Waals surface area contributed by atoms with Gasteiger partial charge in [0.05, 0.1) is 25.5 Å². The van der Waals surface area contributed by atoms with Crippen LogP contribution in [-0.2, 0) is 6.42 Å². The van der Waals surface area contributed by atoms with Crippen LogP contribution in [-0.4, -0.2) is 61.1 Å². The van der Waals surface area contributed by atoms with Gasteiger partial charge in [-0.3, -0.25) is 4.79 Å². The van der Waals surface area contributed by atoms with E-state index in [-0.39, 0.29) is 11.7 Å². The van der Waals surface area contributed by atoms with Gasteiger partial charge < -0.3 is 19.3 Å². The van der Waals surface area contributed by atoms with E-state index in [1.54, 1.807) is 20.4 Å². The Morgan fingerprint density at radius 1 is 0.939 bits per heavy atom. The maximum Gasteiger partial charge on any atom is 0.225 e. The number of benzene rings is 1. The van der Waals surface area contributed by atoms with Crippen molar-refractivity contribution >= 4 is 17.5 Å². The van der Waals surface area contributed by atoms with Crippen molar-refractivity contribution < 1.29 is 14.3 Å². The standard InChI is InChI=1S/C25H27N5O3/c1-32-18-6-7-19(23(15-18)33-2)17-13-21-20(22(31)14-17)16-27-25(28-21)30-11-9-29(10-12-30)24-5-3-4-8-26-24/h3-8,15-17H,9-14H2,1-2H3/t17-/m0/s1. The highest BCUT2D eigenvalue weighted by Crippen LogP contribution is 2.38. The molecule has 1 aliphatic heterocycles. The molecule has 1 aromatic carbocycles. The Morgan fingerprint density at radius 3 is 2.48 bits per heavy atom. The summed E-state index contributed by atoms with van der Waals surface area (Å²) in [6, 6.07) is 11.7. The molecule has 5 rings (SSSR count). The molecule has 2 aromatic heterocycles. The van der Waals surface area contributed by atoms with Crippen LogP contribution in [0.2, 0.25) is 0 Å². The summed E-state index contributed by atoms with van der Waals surface area (Å²) in [6.45, 7) is 3.31. The maximum atomic E-state index is 12.9. The number of Topliss-reactive ketones (excluding diaryl/α,β-unsaturated/α-hetero) is 1. The molecule has 0 bridgehead atoms. The summed E-state index contributed by atoms with van der Waals surface area (Å²) in [6.07, 6.45) is 4.61. The topological polar surface area (TPSA) is 80.7 Å². The molecule has 8 nitrogen and oxygen atoms in total. The molecular weight excluding hydrogens is 418 g/mol. The van der Waals surface area contributed by atoms with E-state index in [0.717, 1.165) is 54.8 Å². The zero-order valence-electron chi connectivity index (χ0n) is 18.9. The molecule has 3 heterocycles. The molecule has 170 valence electrons. The van der Waals surface area contributed by atoms with Crippen LogP contribution in [0.3, 0.4) is 0 Å². The number of ether oxygens (including phenoxy) is 2. The molecule has 8 heteroatoms. The van der Waals surface area contributed by atoms with Crippen molar-refractivity contribution in [3.63, 3.8) is 0 Å². The van der Waals surface area contributed by atoms with Crippen LogP contribution in [0.1, 0.15) is 34.0 Å². The molecule has 0 N–H and O–H groups in total. The summed E-state index contributed by atoms with van der Waals surface area (Å²) in [5.74, 6) is 3.22. The number of methoxy groups -OCH3 is 2. The minimum absolute atomic E-state index is 0.00890. The number of carbonyl (C=O) groups excluding carboxylic acids is 1. The fourth-order valence-corrected chi connectivity index (χ4v) is 4.64. The van der Waals surface area contributed by atoms with Crippen LogP contribution in [0.25, 0.3) is 0 Å². The van der Waals surface area contributed by atoms with Gasteiger partial charge in [-0.1, -0.05) is 12.1 Å². The number of nitrogens with zero attached hydrogens (tertiary/aromatic N) is 5. The molecule has 1 atom stereocenters. The lowest BCUT2D eigenvalue weighted by atomic mass is 9.82. The van der Waals surface area contributed by atoms with Crippen LogP contribution >= 0.6 is 0 Å². The summed E-state index contributed by atoms with van der Waals surface area (Å²) in [5, 5.41) is 0. The summed E-state index contributed by atoms with van der Waals surface area (Å²) >= 11 is 0. The summed E-state index contributed by atoms with van der Waals surface area (Å²) in [5.41, 5.74) is 2.45. The van der Waals surface area contributed by atoms with Gasteiger partial charge in [0.2, 0.25) is 5.95 Å². The third-order valence-electron chi connectivity index (χ3n) is 6.44. The Kier molecular flexibility index (Phi) is 5.81. The van der Waals surface area contributed by atoms with Gasteiger partial charge in [-0.15, -0.1) is 0 Å². The number of hydrogen-bond acceptors (Lipinski definition) is 8. The van der Waals surface area contributed by atoms with Crippen molar-refractivity contribution in [3.8, 4) is 11.5 Å². The molecule has 1 aliphatic carbocycles. The Bertz CT molecular complexity index is 1150. The van der Waals surface area contributed by atoms with Crippen molar-refractivity contribution in [1.82, 2.24) is 15.0 Å². The predicted octanol–water partition coefficient (Wildman–Crippen LogP) is 3.13. The number of ketones is 1. The molecule has 0 radical (unpaired) electrons. The Hall–Kier alpha value is -3.68. The number of piperazine rings is 1. The highest BCUT2D eigenvalue weighted by molar-refractivity contribution is 5.98. The molecule has 1 fully saturated rings.